The second-order valence-electron chi connectivity index (χ2n) is 4.68. The summed E-state index contributed by atoms with van der Waals surface area (Å²) in [7, 11) is -0.979. The van der Waals surface area contributed by atoms with E-state index in [1.54, 1.807) is 12.2 Å². The summed E-state index contributed by atoms with van der Waals surface area (Å²) in [4.78, 5) is 0. The van der Waals surface area contributed by atoms with Gasteiger partial charge in [-0.05, 0) is 30.0 Å². The highest BCUT2D eigenvalue weighted by Gasteiger charge is 2.42. The Bertz CT molecular complexity index is 483. The van der Waals surface area contributed by atoms with Crippen LogP contribution in [-0.2, 0) is 22.2 Å². The van der Waals surface area contributed by atoms with Crippen LogP contribution >= 0.6 is 11.6 Å². The van der Waals surface area contributed by atoms with E-state index in [-0.39, 0.29) is 11.9 Å². The molecule has 0 spiro atoms. The minimum atomic E-state index is -3.78. The largest absolute Gasteiger partial charge is 0.360 e. The van der Waals surface area contributed by atoms with Gasteiger partial charge in [0.25, 0.3) is 0 Å². The lowest BCUT2D eigenvalue weighted by Crippen LogP contribution is -2.41. The smallest absolute Gasteiger partial charge is 0.187 e. The number of allylic oxidation sites excluding steroid dienone is 3. The molecule has 1 aliphatic rings. The highest BCUT2D eigenvalue weighted by Crippen LogP contribution is 2.29. The monoisotopic (exact) mass is 329 g/mol. The summed E-state index contributed by atoms with van der Waals surface area (Å²) in [6, 6.07) is 0. The van der Waals surface area contributed by atoms with Crippen LogP contribution in [0, 0.1) is 5.92 Å². The van der Waals surface area contributed by atoms with Crippen molar-refractivity contribution in [2.45, 2.75) is 24.7 Å². The van der Waals surface area contributed by atoms with E-state index >= 15 is 0 Å². The highest BCUT2D eigenvalue weighted by molar-refractivity contribution is 7.98. The van der Waals surface area contributed by atoms with Crippen molar-refractivity contribution in [3.8, 4) is 0 Å². The molecule has 110 valence electrons. The lowest BCUT2D eigenvalue weighted by Gasteiger charge is -2.24. The molecule has 0 amide bonds. The molecular weight excluding hydrogens is 311 g/mol. The van der Waals surface area contributed by atoms with Gasteiger partial charge in [0.1, 0.15) is 5.70 Å². The molecular formula is C11H19ClFN2O2S2+. The Morgan fingerprint density at radius 2 is 2.11 bits per heavy atom. The number of nitrogens with zero attached hydrogens (tertiary/aromatic N) is 2. The summed E-state index contributed by atoms with van der Waals surface area (Å²) < 4.78 is 38.0. The van der Waals surface area contributed by atoms with Crippen molar-refractivity contribution in [3.05, 3.63) is 23.9 Å². The van der Waals surface area contributed by atoms with Gasteiger partial charge in [-0.1, -0.05) is 22.8 Å². The van der Waals surface area contributed by atoms with Gasteiger partial charge in [-0.15, -0.1) is 0 Å². The molecule has 0 aromatic carbocycles. The van der Waals surface area contributed by atoms with Crippen molar-refractivity contribution in [2.24, 2.45) is 5.92 Å². The first kappa shape index (κ1) is 16.8. The van der Waals surface area contributed by atoms with E-state index in [0.29, 0.717) is 18.0 Å². The van der Waals surface area contributed by atoms with Crippen LogP contribution in [0.15, 0.2) is 23.9 Å². The maximum absolute atomic E-state index is 13.6. The molecule has 4 nitrogen and oxygen atoms in total. The van der Waals surface area contributed by atoms with E-state index in [0.717, 1.165) is 14.9 Å². The molecule has 2 unspecified atom stereocenters. The molecule has 0 bridgehead atoms. The van der Waals surface area contributed by atoms with Gasteiger partial charge >= 0.3 is 14.7 Å². The number of hydrogen-bond donors (Lipinski definition) is 0. The number of rotatable bonds is 5. The van der Waals surface area contributed by atoms with Gasteiger partial charge in [0.05, 0.1) is 0 Å². The maximum atomic E-state index is 13.6. The third kappa shape index (κ3) is 4.66. The molecule has 0 fully saturated rings. The van der Waals surface area contributed by atoms with Crippen LogP contribution in [0.1, 0.15) is 20.3 Å². The quantitative estimate of drug-likeness (QED) is 0.441. The normalized spacial score (nSPS) is 23.1. The lowest BCUT2D eigenvalue weighted by atomic mass is 10.0. The molecule has 8 heteroatoms. The molecule has 0 heterocycles. The fraction of sp³-hybridized carbons (Fsp3) is 0.636. The van der Waals surface area contributed by atoms with Crippen LogP contribution in [0.4, 0.5) is 4.39 Å². The van der Waals surface area contributed by atoms with Crippen LogP contribution in [-0.4, -0.2) is 35.0 Å². The summed E-state index contributed by atoms with van der Waals surface area (Å²) in [5.74, 6) is 0.345. The van der Waals surface area contributed by atoms with Gasteiger partial charge in [-0.3, -0.25) is 0 Å². The predicted octanol–water partition coefficient (Wildman–Crippen LogP) is 2.19. The zero-order chi connectivity index (χ0) is 14.8. The minimum Gasteiger partial charge on any atom is -0.187 e. The number of thiol groups is 1. The Labute approximate surface area is 123 Å². The number of hydrogen-bond acceptors (Lipinski definition) is 2. The van der Waals surface area contributed by atoms with Gasteiger partial charge in [-0.2, -0.15) is 17.1 Å². The first-order valence-electron chi connectivity index (χ1n) is 5.76. The van der Waals surface area contributed by atoms with E-state index < -0.39 is 14.7 Å². The van der Waals surface area contributed by atoms with Gasteiger partial charge in [0.2, 0.25) is 0 Å². The van der Waals surface area contributed by atoms with E-state index in [1.807, 2.05) is 13.0 Å². The van der Waals surface area contributed by atoms with Crippen molar-refractivity contribution in [1.29, 1.82) is 0 Å². The zero-order valence-corrected chi connectivity index (χ0v) is 13.8. The number of alkyl halides is 2. The standard InChI is InChI=1S/C11H18ClFN2O2S2/c1-9-5-7-10(8-6-9)15(18-11(2,12)13)19(16,17)14(3)4/h5,7-9H,6H2,1-4H3/p+1. The van der Waals surface area contributed by atoms with Crippen molar-refractivity contribution < 1.29 is 12.8 Å². The summed E-state index contributed by atoms with van der Waals surface area (Å²) in [6.07, 6.45) is 6.07. The maximum Gasteiger partial charge on any atom is 0.360 e. The fourth-order valence-corrected chi connectivity index (χ4v) is 4.38. The summed E-state index contributed by atoms with van der Waals surface area (Å²) in [5.41, 5.74) is 0.443. The molecule has 0 saturated carbocycles. The molecule has 0 aromatic rings. The Kier molecular flexibility index (Phi) is 5.34. The lowest BCUT2D eigenvalue weighted by molar-refractivity contribution is 0.421. The Balaban J connectivity index is 3.11. The van der Waals surface area contributed by atoms with E-state index in [1.165, 1.54) is 14.1 Å². The topological polar surface area (TPSA) is 40.6 Å². The molecule has 0 saturated heterocycles. The summed E-state index contributed by atoms with van der Waals surface area (Å²) in [5, 5.41) is 0. The van der Waals surface area contributed by atoms with Crippen LogP contribution in [0.25, 0.3) is 0 Å². The van der Waals surface area contributed by atoms with Crippen LogP contribution in [0.2, 0.25) is 0 Å². The molecule has 2 atom stereocenters. The van der Waals surface area contributed by atoms with Crippen molar-refractivity contribution in [1.82, 2.24) is 8.02 Å². The fourth-order valence-electron chi connectivity index (χ4n) is 1.41. The van der Waals surface area contributed by atoms with Crippen LogP contribution in [0.5, 0.6) is 0 Å². The Hall–Kier alpha value is -0.240. The highest BCUT2D eigenvalue weighted by atomic mass is 35.5. The van der Waals surface area contributed by atoms with Gasteiger partial charge < -0.3 is 0 Å². The second-order valence-corrected chi connectivity index (χ2v) is 9.35. The molecule has 0 aliphatic heterocycles. The Morgan fingerprint density at radius 3 is 2.47 bits per heavy atom. The Morgan fingerprint density at radius 1 is 1.53 bits per heavy atom. The second kappa shape index (κ2) is 6.03. The van der Waals surface area contributed by atoms with Crippen molar-refractivity contribution in [2.75, 3.05) is 14.1 Å². The minimum absolute atomic E-state index is 0.145. The molecule has 0 radical (unpaired) electrons. The van der Waals surface area contributed by atoms with E-state index in [9.17, 15) is 12.8 Å². The first-order valence-corrected chi connectivity index (χ1v) is 8.38. The zero-order valence-electron chi connectivity index (χ0n) is 11.3. The third-order valence-electron chi connectivity index (χ3n) is 2.46. The van der Waals surface area contributed by atoms with Gasteiger partial charge in [0, 0.05) is 21.0 Å². The van der Waals surface area contributed by atoms with E-state index in [4.69, 9.17) is 11.6 Å². The summed E-state index contributed by atoms with van der Waals surface area (Å²) >= 11 is 5.39. The third-order valence-corrected chi connectivity index (χ3v) is 5.89. The predicted molar refractivity (Wildman–Crippen MR) is 79.6 cm³/mol. The SMILES string of the molecule is CC1C=CC(N([SH+]C(C)(F)Cl)S(=O)(=O)N(C)C)=CC1. The van der Waals surface area contributed by atoms with Gasteiger partial charge in [-0.25, -0.2) is 0 Å². The molecule has 1 aliphatic carbocycles. The average molecular weight is 330 g/mol. The summed E-state index contributed by atoms with van der Waals surface area (Å²) in [6.45, 7) is 3.15. The molecule has 1 rings (SSSR count). The van der Waals surface area contributed by atoms with Gasteiger partial charge in [0.15, 0.2) is 11.9 Å². The van der Waals surface area contributed by atoms with E-state index in [2.05, 4.69) is 0 Å². The van der Waals surface area contributed by atoms with Crippen LogP contribution in [0.3, 0.4) is 0 Å². The van der Waals surface area contributed by atoms with Crippen molar-refractivity contribution in [3.63, 3.8) is 0 Å². The van der Waals surface area contributed by atoms with Crippen molar-refractivity contribution >= 4 is 33.8 Å². The molecule has 0 aromatic heterocycles. The molecule has 0 N–H and O–H groups in total. The molecule has 19 heavy (non-hydrogen) atoms. The average Bonchev–Trinajstić information content (AvgIpc) is 2.25. The number of halogens is 2. The first-order chi connectivity index (χ1) is 8.54. The van der Waals surface area contributed by atoms with Crippen LogP contribution < -0.4 is 0 Å².